The normalized spacial score (nSPS) is 12.2. The van der Waals surface area contributed by atoms with Gasteiger partial charge in [0.1, 0.15) is 5.82 Å². The molecule has 3 nitrogen and oxygen atoms in total. The van der Waals surface area contributed by atoms with Crippen LogP contribution >= 0.6 is 0 Å². The van der Waals surface area contributed by atoms with Crippen molar-refractivity contribution in [1.29, 1.82) is 0 Å². The number of amides is 1. The van der Waals surface area contributed by atoms with Gasteiger partial charge in [0.05, 0.1) is 12.6 Å². The lowest BCUT2D eigenvalue weighted by Gasteiger charge is -2.20. The molecule has 0 radical (unpaired) electrons. The molecule has 0 saturated carbocycles. The Morgan fingerprint density at radius 1 is 1.08 bits per heavy atom. The lowest BCUT2D eigenvalue weighted by atomic mass is 9.97. The molecule has 0 aliphatic rings. The van der Waals surface area contributed by atoms with E-state index in [0.29, 0.717) is 12.5 Å². The fourth-order valence-corrected chi connectivity index (χ4v) is 2.64. The summed E-state index contributed by atoms with van der Waals surface area (Å²) in [6, 6.07) is 14.5. The van der Waals surface area contributed by atoms with Gasteiger partial charge in [-0.2, -0.15) is 0 Å². The number of nitrogens with one attached hydrogen (secondary N) is 2. The minimum Gasteiger partial charge on any atom is -0.355 e. The summed E-state index contributed by atoms with van der Waals surface area (Å²) in [5.74, 6) is 0.0728. The summed E-state index contributed by atoms with van der Waals surface area (Å²) in [6.07, 6.45) is 0.968. The summed E-state index contributed by atoms with van der Waals surface area (Å²) in [7, 11) is 0. The molecule has 134 valence electrons. The first-order valence-corrected chi connectivity index (χ1v) is 8.84. The van der Waals surface area contributed by atoms with Crippen molar-refractivity contribution in [3.63, 3.8) is 0 Å². The summed E-state index contributed by atoms with van der Waals surface area (Å²) < 4.78 is 13.7. The first-order chi connectivity index (χ1) is 12.0. The maximum atomic E-state index is 13.7. The monoisotopic (exact) mass is 342 g/mol. The Balaban J connectivity index is 2.15. The molecular formula is C21H27FN2O. The van der Waals surface area contributed by atoms with Gasteiger partial charge in [-0.15, -0.1) is 0 Å². The number of carbonyl (C=O) groups is 1. The highest BCUT2D eigenvalue weighted by Gasteiger charge is 2.16. The van der Waals surface area contributed by atoms with Crippen LogP contribution < -0.4 is 10.6 Å². The lowest BCUT2D eigenvalue weighted by molar-refractivity contribution is -0.120. The van der Waals surface area contributed by atoms with Crippen LogP contribution in [0.3, 0.4) is 0 Å². The Bertz CT molecular complexity index is 683. The standard InChI is InChI=1S/C21H27FN2O/c1-4-16-8-10-17(11-9-16)21(18-6-5-7-19(22)12-18)24-14-20(25)23-13-15(2)3/h5-12,15,21,24H,4,13-14H2,1-3H3,(H,23,25)/t21-/m1/s1. The van der Waals surface area contributed by atoms with Crippen LogP contribution in [-0.4, -0.2) is 19.0 Å². The van der Waals surface area contributed by atoms with Gasteiger partial charge in [-0.1, -0.05) is 57.2 Å². The van der Waals surface area contributed by atoms with E-state index in [0.717, 1.165) is 17.5 Å². The molecule has 2 aromatic carbocycles. The van der Waals surface area contributed by atoms with Crippen molar-refractivity contribution < 1.29 is 9.18 Å². The number of aryl methyl sites for hydroxylation is 1. The molecule has 0 fully saturated rings. The average molecular weight is 342 g/mol. The van der Waals surface area contributed by atoms with E-state index in [2.05, 4.69) is 43.5 Å². The van der Waals surface area contributed by atoms with Crippen LogP contribution in [0.2, 0.25) is 0 Å². The molecule has 0 spiro atoms. The van der Waals surface area contributed by atoms with Crippen LogP contribution in [0, 0.1) is 11.7 Å². The minimum absolute atomic E-state index is 0.0553. The zero-order valence-electron chi connectivity index (χ0n) is 15.2. The van der Waals surface area contributed by atoms with Crippen LogP contribution in [0.1, 0.15) is 43.5 Å². The molecule has 2 rings (SSSR count). The van der Waals surface area contributed by atoms with Crippen molar-refractivity contribution in [3.8, 4) is 0 Å². The molecule has 0 bridgehead atoms. The summed E-state index contributed by atoms with van der Waals surface area (Å²) in [6.45, 7) is 7.05. The molecule has 0 heterocycles. The molecule has 0 aliphatic heterocycles. The smallest absolute Gasteiger partial charge is 0.233 e. The molecule has 2 aromatic rings. The molecule has 1 atom stereocenters. The van der Waals surface area contributed by atoms with Gasteiger partial charge in [0.15, 0.2) is 0 Å². The van der Waals surface area contributed by atoms with Crippen molar-refractivity contribution in [2.24, 2.45) is 5.92 Å². The van der Waals surface area contributed by atoms with Crippen LogP contribution in [0.5, 0.6) is 0 Å². The predicted molar refractivity (Wildman–Crippen MR) is 99.9 cm³/mol. The van der Waals surface area contributed by atoms with Crippen LogP contribution in [0.4, 0.5) is 4.39 Å². The Morgan fingerprint density at radius 2 is 1.80 bits per heavy atom. The number of hydrogen-bond donors (Lipinski definition) is 2. The largest absolute Gasteiger partial charge is 0.355 e. The fraction of sp³-hybridized carbons (Fsp3) is 0.381. The molecule has 0 aliphatic carbocycles. The van der Waals surface area contributed by atoms with E-state index in [-0.39, 0.29) is 24.3 Å². The second kappa shape index (κ2) is 9.33. The molecule has 0 aromatic heterocycles. The van der Waals surface area contributed by atoms with Gasteiger partial charge in [0, 0.05) is 6.54 Å². The predicted octanol–water partition coefficient (Wildman–Crippen LogP) is 3.84. The maximum Gasteiger partial charge on any atom is 0.233 e. The highest BCUT2D eigenvalue weighted by atomic mass is 19.1. The Hall–Kier alpha value is -2.20. The van der Waals surface area contributed by atoms with Gasteiger partial charge in [-0.3, -0.25) is 10.1 Å². The number of rotatable bonds is 8. The van der Waals surface area contributed by atoms with Crippen molar-refractivity contribution in [2.75, 3.05) is 13.1 Å². The average Bonchev–Trinajstić information content (AvgIpc) is 2.61. The third-order valence-corrected chi connectivity index (χ3v) is 4.08. The van der Waals surface area contributed by atoms with Crippen LogP contribution in [-0.2, 0) is 11.2 Å². The molecule has 0 unspecified atom stereocenters. The summed E-state index contributed by atoms with van der Waals surface area (Å²) in [4.78, 5) is 12.0. The molecule has 1 amide bonds. The highest BCUT2D eigenvalue weighted by Crippen LogP contribution is 2.23. The first kappa shape index (κ1) is 19.1. The Kier molecular flexibility index (Phi) is 7.14. The van der Waals surface area contributed by atoms with Crippen molar-refractivity contribution in [2.45, 2.75) is 33.2 Å². The van der Waals surface area contributed by atoms with Gasteiger partial charge < -0.3 is 5.32 Å². The quantitative estimate of drug-likeness (QED) is 0.765. The molecule has 4 heteroatoms. The topological polar surface area (TPSA) is 41.1 Å². The first-order valence-electron chi connectivity index (χ1n) is 8.84. The molecule has 0 saturated heterocycles. The van der Waals surface area contributed by atoms with Gasteiger partial charge in [-0.25, -0.2) is 4.39 Å². The zero-order chi connectivity index (χ0) is 18.2. The third-order valence-electron chi connectivity index (χ3n) is 4.08. The van der Waals surface area contributed by atoms with E-state index in [4.69, 9.17) is 0 Å². The van der Waals surface area contributed by atoms with Crippen molar-refractivity contribution >= 4 is 5.91 Å². The van der Waals surface area contributed by atoms with E-state index in [9.17, 15) is 9.18 Å². The number of halogens is 1. The lowest BCUT2D eigenvalue weighted by Crippen LogP contribution is -2.37. The van der Waals surface area contributed by atoms with Gasteiger partial charge >= 0.3 is 0 Å². The Morgan fingerprint density at radius 3 is 2.40 bits per heavy atom. The van der Waals surface area contributed by atoms with Gasteiger partial charge in [0.25, 0.3) is 0 Å². The van der Waals surface area contributed by atoms with E-state index in [1.807, 2.05) is 18.2 Å². The number of benzene rings is 2. The molecule has 2 N–H and O–H groups in total. The zero-order valence-corrected chi connectivity index (χ0v) is 15.2. The van der Waals surface area contributed by atoms with Crippen molar-refractivity contribution in [1.82, 2.24) is 10.6 Å². The summed E-state index contributed by atoms with van der Waals surface area (Å²) in [5, 5.41) is 6.16. The van der Waals surface area contributed by atoms with Crippen molar-refractivity contribution in [3.05, 3.63) is 71.0 Å². The third kappa shape index (κ3) is 5.98. The summed E-state index contributed by atoms with van der Waals surface area (Å²) in [5.41, 5.74) is 3.07. The molecular weight excluding hydrogens is 315 g/mol. The fourth-order valence-electron chi connectivity index (χ4n) is 2.64. The number of carbonyl (C=O) groups excluding carboxylic acids is 1. The maximum absolute atomic E-state index is 13.7. The van der Waals surface area contributed by atoms with E-state index < -0.39 is 0 Å². The van der Waals surface area contributed by atoms with Crippen LogP contribution in [0.25, 0.3) is 0 Å². The Labute approximate surface area is 149 Å². The second-order valence-corrected chi connectivity index (χ2v) is 6.66. The SMILES string of the molecule is CCc1ccc([C@@H](NCC(=O)NCC(C)C)c2cccc(F)c2)cc1. The van der Waals surface area contributed by atoms with Gasteiger partial charge in [0.2, 0.25) is 5.91 Å². The van der Waals surface area contributed by atoms with Gasteiger partial charge in [-0.05, 0) is 41.2 Å². The second-order valence-electron chi connectivity index (χ2n) is 6.66. The van der Waals surface area contributed by atoms with E-state index in [1.165, 1.54) is 17.7 Å². The summed E-state index contributed by atoms with van der Waals surface area (Å²) >= 11 is 0. The van der Waals surface area contributed by atoms with Crippen LogP contribution in [0.15, 0.2) is 48.5 Å². The highest BCUT2D eigenvalue weighted by molar-refractivity contribution is 5.78. The van der Waals surface area contributed by atoms with E-state index in [1.54, 1.807) is 6.07 Å². The minimum atomic E-state index is -0.279. The number of hydrogen-bond acceptors (Lipinski definition) is 2. The van der Waals surface area contributed by atoms with E-state index >= 15 is 0 Å². The molecule has 25 heavy (non-hydrogen) atoms.